The van der Waals surface area contributed by atoms with Gasteiger partial charge in [0, 0.05) is 36.4 Å². The number of benzene rings is 2. The van der Waals surface area contributed by atoms with Crippen LogP contribution in [0.2, 0.25) is 5.02 Å². The zero-order valence-corrected chi connectivity index (χ0v) is 25.6. The average molecular weight is 558 g/mol. The molecule has 0 amide bonds. The lowest BCUT2D eigenvalue weighted by Crippen LogP contribution is -2.33. The van der Waals surface area contributed by atoms with E-state index in [1.807, 2.05) is 31.0 Å². The maximum absolute atomic E-state index is 6.32. The van der Waals surface area contributed by atoms with Crippen molar-refractivity contribution in [3.8, 4) is 5.75 Å². The highest BCUT2D eigenvalue weighted by molar-refractivity contribution is 7.99. The molecule has 0 radical (unpaired) electrons. The molecule has 1 unspecified atom stereocenters. The van der Waals surface area contributed by atoms with E-state index in [2.05, 4.69) is 80.5 Å². The first-order chi connectivity index (χ1) is 18.4. The lowest BCUT2D eigenvalue weighted by molar-refractivity contribution is 0.0840. The van der Waals surface area contributed by atoms with Crippen molar-refractivity contribution >= 4 is 29.1 Å². The van der Waals surface area contributed by atoms with Crippen LogP contribution in [0, 0.1) is 17.8 Å². The van der Waals surface area contributed by atoms with Gasteiger partial charge < -0.3 is 14.4 Å². The summed E-state index contributed by atoms with van der Waals surface area (Å²) in [7, 11) is 1.86. The van der Waals surface area contributed by atoms with Crippen LogP contribution in [0.4, 0.5) is 5.69 Å². The van der Waals surface area contributed by atoms with E-state index < -0.39 is 0 Å². The molecule has 5 atom stereocenters. The van der Waals surface area contributed by atoms with E-state index in [0.29, 0.717) is 23.0 Å². The molecule has 1 heterocycles. The van der Waals surface area contributed by atoms with Gasteiger partial charge in [0.2, 0.25) is 0 Å². The van der Waals surface area contributed by atoms with Crippen LogP contribution < -0.4 is 9.64 Å². The maximum atomic E-state index is 6.32. The largest absolute Gasteiger partial charge is 0.491 e. The minimum absolute atomic E-state index is 0.156. The quantitative estimate of drug-likeness (QED) is 0.204. The first kappa shape index (κ1) is 30.9. The smallest absolute Gasteiger partial charge is 0.142 e. The van der Waals surface area contributed by atoms with Gasteiger partial charge in [0.05, 0.1) is 18.4 Å². The van der Waals surface area contributed by atoms with Crippen LogP contribution in [-0.4, -0.2) is 44.4 Å². The van der Waals surface area contributed by atoms with Gasteiger partial charge in [0.1, 0.15) is 5.75 Å². The van der Waals surface area contributed by atoms with Crippen molar-refractivity contribution in [2.75, 3.05) is 38.0 Å². The first-order valence-electron chi connectivity index (χ1n) is 14.4. The van der Waals surface area contributed by atoms with Gasteiger partial charge in [-0.25, -0.2) is 0 Å². The minimum Gasteiger partial charge on any atom is -0.491 e. The van der Waals surface area contributed by atoms with Crippen molar-refractivity contribution in [1.82, 2.24) is 0 Å². The third kappa shape index (κ3) is 9.54. The number of methoxy groups -OCH3 is 1. The minimum atomic E-state index is 0.156. The second kappa shape index (κ2) is 16.5. The molecule has 5 heteroatoms. The molecule has 210 valence electrons. The van der Waals surface area contributed by atoms with Gasteiger partial charge in [0.25, 0.3) is 0 Å². The topological polar surface area (TPSA) is 21.7 Å². The first-order valence-corrected chi connectivity index (χ1v) is 16.0. The third-order valence-corrected chi connectivity index (χ3v) is 9.61. The van der Waals surface area contributed by atoms with Crippen LogP contribution in [-0.2, 0) is 11.2 Å². The molecule has 0 saturated carbocycles. The number of hydrogen-bond donors (Lipinski definition) is 0. The molecule has 1 aliphatic heterocycles. The number of hydrogen-bond acceptors (Lipinski definition) is 4. The molecule has 3 nitrogen and oxygen atoms in total. The third-order valence-electron chi connectivity index (χ3n) is 8.16. The number of rotatable bonds is 15. The molecule has 0 fully saturated rings. The van der Waals surface area contributed by atoms with E-state index in [-0.39, 0.29) is 6.10 Å². The summed E-state index contributed by atoms with van der Waals surface area (Å²) >= 11 is 8.14. The molecular formula is C33H48ClNO2S. The molecule has 2 aromatic rings. The van der Waals surface area contributed by atoms with E-state index in [1.54, 1.807) is 0 Å². The Kier molecular flexibility index (Phi) is 13.4. The number of allylic oxidation sites excluding steroid dienone is 1. The van der Waals surface area contributed by atoms with Crippen molar-refractivity contribution in [3.05, 3.63) is 71.3 Å². The normalized spacial score (nSPS) is 18.9. The van der Waals surface area contributed by atoms with Crippen LogP contribution in [0.15, 0.2) is 60.7 Å². The predicted molar refractivity (Wildman–Crippen MR) is 167 cm³/mol. The molecule has 0 aromatic heterocycles. The summed E-state index contributed by atoms with van der Waals surface area (Å²) in [4.78, 5) is 2.56. The number of halogens is 1. The number of fused-ring (bicyclic) bond motifs is 1. The fourth-order valence-electron chi connectivity index (χ4n) is 5.39. The van der Waals surface area contributed by atoms with Gasteiger partial charge in [-0.1, -0.05) is 75.2 Å². The molecule has 2 aromatic carbocycles. The summed E-state index contributed by atoms with van der Waals surface area (Å²) < 4.78 is 12.3. The van der Waals surface area contributed by atoms with Crippen molar-refractivity contribution in [2.45, 2.75) is 70.7 Å². The zero-order chi connectivity index (χ0) is 27.3. The number of nitrogens with zero attached hydrogens (tertiary/aromatic N) is 1. The summed E-state index contributed by atoms with van der Waals surface area (Å²) in [5.41, 5.74) is 2.54. The zero-order valence-electron chi connectivity index (χ0n) is 24.1. The van der Waals surface area contributed by atoms with Crippen LogP contribution in [0.5, 0.6) is 5.75 Å². The molecule has 0 aliphatic carbocycles. The number of para-hydroxylation sites is 2. The van der Waals surface area contributed by atoms with Gasteiger partial charge in [-0.15, -0.1) is 0 Å². The average Bonchev–Trinajstić information content (AvgIpc) is 3.11. The summed E-state index contributed by atoms with van der Waals surface area (Å²) in [6.45, 7) is 9.77. The summed E-state index contributed by atoms with van der Waals surface area (Å²) in [5, 5.41) is 1.49. The summed E-state index contributed by atoms with van der Waals surface area (Å²) in [5.74, 6) is 2.67. The highest BCUT2D eigenvalue weighted by Crippen LogP contribution is 2.34. The van der Waals surface area contributed by atoms with Crippen LogP contribution in [0.3, 0.4) is 0 Å². The fourth-order valence-corrected chi connectivity index (χ4v) is 6.17. The van der Waals surface area contributed by atoms with E-state index in [0.717, 1.165) is 69.0 Å². The van der Waals surface area contributed by atoms with Crippen LogP contribution in [0.25, 0.3) is 0 Å². The van der Waals surface area contributed by atoms with E-state index >= 15 is 0 Å². The maximum Gasteiger partial charge on any atom is 0.142 e. The Morgan fingerprint density at radius 2 is 2.00 bits per heavy atom. The molecule has 1 aliphatic rings. The molecule has 0 saturated heterocycles. The number of aryl methyl sites for hydroxylation is 1. The van der Waals surface area contributed by atoms with Gasteiger partial charge in [-0.3, -0.25) is 0 Å². The lowest BCUT2D eigenvalue weighted by Gasteiger charge is -2.30. The van der Waals surface area contributed by atoms with Gasteiger partial charge in [-0.05, 0) is 80.0 Å². The number of anilines is 1. The second-order valence-corrected chi connectivity index (χ2v) is 12.5. The molecule has 38 heavy (non-hydrogen) atoms. The fraction of sp³-hybridized carbons (Fsp3) is 0.576. The molecule has 0 bridgehead atoms. The Balaban J connectivity index is 1.61. The molecule has 3 rings (SSSR count). The second-order valence-electron chi connectivity index (χ2n) is 10.9. The van der Waals surface area contributed by atoms with E-state index in [4.69, 9.17) is 21.1 Å². The van der Waals surface area contributed by atoms with E-state index in [9.17, 15) is 0 Å². The predicted octanol–water partition coefficient (Wildman–Crippen LogP) is 8.94. The molecule has 0 spiro atoms. The Morgan fingerprint density at radius 1 is 1.18 bits per heavy atom. The Morgan fingerprint density at radius 3 is 2.74 bits per heavy atom. The number of thioether (sulfide) groups is 1. The standard InChI is InChI=1S/C33H48ClNO2S/c1-6-29(32(36-4)19-9-12-25(2)26(3)38-5)20-21-35-23-28(24-37-33-18-8-7-17-31(33)35)15-10-13-27-14-11-16-30(34)22-27/h7-9,11,14,16-19,22,25-26,28-29,32H,6,10,12-13,15,20-21,23-24H2,1-5H3/b19-9+/t25-,26+,28?,29+,32-/m0/s1. The van der Waals surface area contributed by atoms with Gasteiger partial charge >= 0.3 is 0 Å². The molecule has 0 N–H and O–H groups in total. The Labute approximate surface area is 241 Å². The van der Waals surface area contributed by atoms with Gasteiger partial charge in [-0.2, -0.15) is 11.8 Å². The highest BCUT2D eigenvalue weighted by atomic mass is 35.5. The van der Waals surface area contributed by atoms with E-state index in [1.165, 1.54) is 11.3 Å². The highest BCUT2D eigenvalue weighted by Gasteiger charge is 2.25. The summed E-state index contributed by atoms with van der Waals surface area (Å²) in [6, 6.07) is 16.8. The number of ether oxygens (including phenoxy) is 2. The van der Waals surface area contributed by atoms with Crippen molar-refractivity contribution in [2.24, 2.45) is 17.8 Å². The van der Waals surface area contributed by atoms with Crippen LogP contribution in [0.1, 0.15) is 58.4 Å². The molecular weight excluding hydrogens is 510 g/mol. The summed E-state index contributed by atoms with van der Waals surface area (Å²) in [6.07, 6.45) is 13.7. The Bertz CT molecular complexity index is 983. The van der Waals surface area contributed by atoms with Crippen molar-refractivity contribution in [3.63, 3.8) is 0 Å². The lowest BCUT2D eigenvalue weighted by atomic mass is 9.93. The van der Waals surface area contributed by atoms with Crippen molar-refractivity contribution in [1.29, 1.82) is 0 Å². The van der Waals surface area contributed by atoms with Crippen LogP contribution >= 0.6 is 23.4 Å². The Hall–Kier alpha value is -1.62. The van der Waals surface area contributed by atoms with Crippen molar-refractivity contribution < 1.29 is 9.47 Å². The monoisotopic (exact) mass is 557 g/mol. The van der Waals surface area contributed by atoms with Gasteiger partial charge in [0.15, 0.2) is 0 Å². The SMILES string of the molecule is CC[C@H](CCN1CC(CCCc2cccc(Cl)c2)COc2ccccc21)[C@H](/C=C/C[C@H](C)[C@@H](C)SC)OC.